The van der Waals surface area contributed by atoms with Crippen LogP contribution in [0, 0.1) is 0 Å². The Balaban J connectivity index is 1.98. The summed E-state index contributed by atoms with van der Waals surface area (Å²) in [7, 11) is 6.97. The van der Waals surface area contributed by atoms with Crippen LogP contribution in [0.4, 0.5) is 0 Å². The number of methoxy groups -OCH3 is 2. The maximum Gasteiger partial charge on any atom is 0.270 e. The fourth-order valence-corrected chi connectivity index (χ4v) is 2.43. The zero-order valence-electron chi connectivity index (χ0n) is 16.6. The van der Waals surface area contributed by atoms with E-state index < -0.39 is 0 Å². The average molecular weight is 386 g/mol. The second kappa shape index (κ2) is 10.3. The number of aromatic nitrogens is 1. The van der Waals surface area contributed by atoms with Gasteiger partial charge in [0, 0.05) is 19.6 Å². The summed E-state index contributed by atoms with van der Waals surface area (Å²) < 4.78 is 10.5. The first-order valence-corrected chi connectivity index (χ1v) is 8.83. The maximum absolute atomic E-state index is 12.4. The molecule has 8 heteroatoms. The third-order valence-electron chi connectivity index (χ3n) is 3.96. The molecule has 0 fully saturated rings. The van der Waals surface area contributed by atoms with Gasteiger partial charge in [-0.05, 0) is 43.9 Å². The second-order valence-electron chi connectivity index (χ2n) is 6.34. The molecule has 0 spiro atoms. The number of pyridine rings is 1. The quantitative estimate of drug-likeness (QED) is 0.675. The van der Waals surface area contributed by atoms with Gasteiger partial charge in [-0.1, -0.05) is 12.1 Å². The summed E-state index contributed by atoms with van der Waals surface area (Å²) >= 11 is 0. The number of carbonyl (C=O) groups is 2. The molecule has 150 valence electrons. The van der Waals surface area contributed by atoms with Crippen molar-refractivity contribution >= 4 is 11.8 Å². The molecule has 2 rings (SSSR count). The van der Waals surface area contributed by atoms with E-state index >= 15 is 0 Å². The molecule has 0 radical (unpaired) electrons. The molecule has 0 aliphatic carbocycles. The van der Waals surface area contributed by atoms with Gasteiger partial charge in [-0.25, -0.2) is 4.98 Å². The van der Waals surface area contributed by atoms with E-state index in [1.165, 1.54) is 0 Å². The van der Waals surface area contributed by atoms with Crippen molar-refractivity contribution < 1.29 is 19.1 Å². The summed E-state index contributed by atoms with van der Waals surface area (Å²) in [6.07, 6.45) is 0. The third kappa shape index (κ3) is 5.95. The van der Waals surface area contributed by atoms with Gasteiger partial charge < -0.3 is 25.0 Å². The van der Waals surface area contributed by atoms with Crippen molar-refractivity contribution in [1.29, 1.82) is 0 Å². The first-order valence-electron chi connectivity index (χ1n) is 8.83. The SMILES string of the molecule is COc1ccc(CNC(=O)c2cccc(C(=O)NCCN(C)C)n2)cc1OC. The van der Waals surface area contributed by atoms with Crippen LogP contribution >= 0.6 is 0 Å². The van der Waals surface area contributed by atoms with Crippen molar-refractivity contribution in [2.45, 2.75) is 6.54 Å². The molecule has 0 atom stereocenters. The molecule has 0 aliphatic heterocycles. The summed E-state index contributed by atoms with van der Waals surface area (Å²) in [5.41, 5.74) is 1.24. The minimum absolute atomic E-state index is 0.181. The van der Waals surface area contributed by atoms with Crippen LogP contribution < -0.4 is 20.1 Å². The highest BCUT2D eigenvalue weighted by molar-refractivity contribution is 5.96. The van der Waals surface area contributed by atoms with Crippen molar-refractivity contribution in [3.8, 4) is 11.5 Å². The van der Waals surface area contributed by atoms with Gasteiger partial charge in [0.25, 0.3) is 11.8 Å². The largest absolute Gasteiger partial charge is 0.493 e. The highest BCUT2D eigenvalue weighted by atomic mass is 16.5. The van der Waals surface area contributed by atoms with Crippen LogP contribution in [-0.2, 0) is 6.54 Å². The lowest BCUT2D eigenvalue weighted by Crippen LogP contribution is -2.32. The summed E-state index contributed by atoms with van der Waals surface area (Å²) in [6.45, 7) is 1.51. The Hall–Kier alpha value is -3.13. The molecule has 0 saturated carbocycles. The zero-order chi connectivity index (χ0) is 20.5. The number of ether oxygens (including phenoxy) is 2. The molecular formula is C20H26N4O4. The number of hydrogen-bond donors (Lipinski definition) is 2. The Morgan fingerprint density at radius 3 is 2.21 bits per heavy atom. The van der Waals surface area contributed by atoms with E-state index in [0.717, 1.165) is 12.1 Å². The van der Waals surface area contributed by atoms with Crippen molar-refractivity contribution in [3.63, 3.8) is 0 Å². The predicted octanol–water partition coefficient (Wildman–Crippen LogP) is 1.32. The molecule has 2 aromatic rings. The number of amides is 2. The van der Waals surface area contributed by atoms with Crippen LogP contribution in [0.25, 0.3) is 0 Å². The van der Waals surface area contributed by atoms with Crippen molar-refractivity contribution in [1.82, 2.24) is 20.5 Å². The van der Waals surface area contributed by atoms with E-state index in [1.807, 2.05) is 25.1 Å². The van der Waals surface area contributed by atoms with Gasteiger partial charge in [-0.15, -0.1) is 0 Å². The standard InChI is InChI=1S/C20H26N4O4/c1-24(2)11-10-21-19(25)15-6-5-7-16(23-15)20(26)22-13-14-8-9-17(27-3)18(12-14)28-4/h5-9,12H,10-11,13H2,1-4H3,(H,21,25)(H,22,26). The Morgan fingerprint density at radius 1 is 0.964 bits per heavy atom. The van der Waals surface area contributed by atoms with Gasteiger partial charge in [-0.2, -0.15) is 0 Å². The zero-order valence-corrected chi connectivity index (χ0v) is 16.6. The molecule has 28 heavy (non-hydrogen) atoms. The molecule has 2 N–H and O–H groups in total. The minimum Gasteiger partial charge on any atom is -0.493 e. The van der Waals surface area contributed by atoms with Gasteiger partial charge in [0.05, 0.1) is 14.2 Å². The number of nitrogens with one attached hydrogen (secondary N) is 2. The number of benzene rings is 1. The van der Waals surface area contributed by atoms with E-state index in [0.29, 0.717) is 24.6 Å². The van der Waals surface area contributed by atoms with E-state index in [9.17, 15) is 9.59 Å². The smallest absolute Gasteiger partial charge is 0.270 e. The van der Waals surface area contributed by atoms with Gasteiger partial charge in [0.1, 0.15) is 11.4 Å². The fraction of sp³-hybridized carbons (Fsp3) is 0.350. The first-order chi connectivity index (χ1) is 13.4. The highest BCUT2D eigenvalue weighted by Gasteiger charge is 2.13. The summed E-state index contributed by atoms with van der Waals surface area (Å²) in [6, 6.07) is 10.2. The monoisotopic (exact) mass is 386 g/mol. The van der Waals surface area contributed by atoms with Crippen LogP contribution in [0.3, 0.4) is 0 Å². The van der Waals surface area contributed by atoms with E-state index in [-0.39, 0.29) is 23.2 Å². The number of nitrogens with zero attached hydrogens (tertiary/aromatic N) is 2. The minimum atomic E-state index is -0.363. The van der Waals surface area contributed by atoms with Crippen LogP contribution in [0.2, 0.25) is 0 Å². The van der Waals surface area contributed by atoms with Crippen LogP contribution in [0.5, 0.6) is 11.5 Å². The Morgan fingerprint density at radius 2 is 1.61 bits per heavy atom. The lowest BCUT2D eigenvalue weighted by molar-refractivity contribution is 0.0941. The Kier molecular flexibility index (Phi) is 7.76. The molecule has 1 heterocycles. The summed E-state index contributed by atoms with van der Waals surface area (Å²) in [5.74, 6) is 0.533. The summed E-state index contributed by atoms with van der Waals surface area (Å²) in [5, 5.41) is 5.57. The highest BCUT2D eigenvalue weighted by Crippen LogP contribution is 2.27. The molecule has 8 nitrogen and oxygen atoms in total. The number of rotatable bonds is 9. The van der Waals surface area contributed by atoms with Crippen molar-refractivity contribution in [2.24, 2.45) is 0 Å². The number of likely N-dealkylation sites (N-methyl/N-ethyl adjacent to an activating group) is 1. The predicted molar refractivity (Wildman–Crippen MR) is 106 cm³/mol. The fourth-order valence-electron chi connectivity index (χ4n) is 2.43. The lowest BCUT2D eigenvalue weighted by atomic mass is 10.2. The summed E-state index contributed by atoms with van der Waals surface area (Å²) in [4.78, 5) is 30.7. The van der Waals surface area contributed by atoms with E-state index in [2.05, 4.69) is 15.6 Å². The molecule has 0 bridgehead atoms. The molecule has 1 aromatic heterocycles. The van der Waals surface area contributed by atoms with E-state index in [4.69, 9.17) is 9.47 Å². The lowest BCUT2D eigenvalue weighted by Gasteiger charge is -2.11. The maximum atomic E-state index is 12.4. The van der Waals surface area contributed by atoms with Gasteiger partial charge in [0.15, 0.2) is 11.5 Å². The molecule has 0 unspecified atom stereocenters. The average Bonchev–Trinajstić information content (AvgIpc) is 2.71. The first kappa shape index (κ1) is 21.2. The van der Waals surface area contributed by atoms with Crippen LogP contribution in [0.1, 0.15) is 26.5 Å². The van der Waals surface area contributed by atoms with Crippen LogP contribution in [0.15, 0.2) is 36.4 Å². The Bertz CT molecular complexity index is 824. The number of hydrogen-bond acceptors (Lipinski definition) is 6. The molecule has 0 saturated heterocycles. The van der Waals surface area contributed by atoms with Gasteiger partial charge >= 0.3 is 0 Å². The topological polar surface area (TPSA) is 92.8 Å². The molecular weight excluding hydrogens is 360 g/mol. The number of carbonyl (C=O) groups excluding carboxylic acids is 2. The molecule has 2 amide bonds. The second-order valence-corrected chi connectivity index (χ2v) is 6.34. The normalized spacial score (nSPS) is 10.5. The van der Waals surface area contributed by atoms with Crippen molar-refractivity contribution in [3.05, 3.63) is 53.3 Å². The van der Waals surface area contributed by atoms with Gasteiger partial charge in [-0.3, -0.25) is 9.59 Å². The van der Waals surface area contributed by atoms with Crippen LogP contribution in [-0.4, -0.2) is 63.1 Å². The molecule has 0 aliphatic rings. The molecule has 1 aromatic carbocycles. The van der Waals surface area contributed by atoms with Crippen molar-refractivity contribution in [2.75, 3.05) is 41.4 Å². The third-order valence-corrected chi connectivity index (χ3v) is 3.96. The van der Waals surface area contributed by atoms with E-state index in [1.54, 1.807) is 44.6 Å². The van der Waals surface area contributed by atoms with Gasteiger partial charge in [0.2, 0.25) is 0 Å². The Labute approximate surface area is 164 Å².